The van der Waals surface area contributed by atoms with E-state index in [9.17, 15) is 43.2 Å². The van der Waals surface area contributed by atoms with Crippen LogP contribution < -0.4 is 4.13 Å². The van der Waals surface area contributed by atoms with E-state index in [4.69, 9.17) is 0 Å². The summed E-state index contributed by atoms with van der Waals surface area (Å²) in [5.74, 6) is 0. The zero-order valence-corrected chi connectivity index (χ0v) is 19.2. The summed E-state index contributed by atoms with van der Waals surface area (Å²) >= 11 is 0. The van der Waals surface area contributed by atoms with Crippen LogP contribution >= 0.6 is 0 Å². The van der Waals surface area contributed by atoms with Crippen LogP contribution in [0.4, 0.5) is 26.3 Å². The number of nitrogens with one attached hydrogen (secondary N) is 1. The number of hydrogen-bond acceptors (Lipinski definition) is 4. The first-order valence-electron chi connectivity index (χ1n) is 8.96. The molecule has 0 saturated carbocycles. The lowest BCUT2D eigenvalue weighted by molar-refractivity contribution is -0.0476. The van der Waals surface area contributed by atoms with Crippen molar-refractivity contribution < 1.29 is 43.2 Å². The minimum Gasteiger partial charge on any atom is -0.202 e. The van der Waals surface area contributed by atoms with Gasteiger partial charge >= 0.3 is 31.1 Å². The van der Waals surface area contributed by atoms with Crippen molar-refractivity contribution in [2.24, 2.45) is 0 Å². The third-order valence-electron chi connectivity index (χ3n) is 3.77. The molecule has 0 atom stereocenters. The van der Waals surface area contributed by atoms with Gasteiger partial charge in [-0.1, -0.05) is 58.7 Å². The Labute approximate surface area is 194 Å². The molecule has 0 spiro atoms. The Balaban J connectivity index is 0.000000249. The van der Waals surface area contributed by atoms with E-state index in [2.05, 4.69) is 91.0 Å². The molecule has 3 aromatic rings. The maximum Gasteiger partial charge on any atom is 0.512 e. The number of hydrogen-bond donors (Lipinski definition) is 1. The Bertz CT molecular complexity index is 1130. The Kier molecular flexibility index (Phi) is 8.80. The van der Waals surface area contributed by atoms with Gasteiger partial charge in [0.05, 0.1) is 10.9 Å². The van der Waals surface area contributed by atoms with Gasteiger partial charge in [0.25, 0.3) is 0 Å². The van der Waals surface area contributed by atoms with Crippen LogP contribution in [0.25, 0.3) is 0 Å². The standard InChI is InChI=1S/C18H15S.C2HF6NO4S2/c1-4-10-16(11-5-1)19(17-12-6-2-7-13-17)18-14-8-3-9-15-18;3-1(4,5)14(10,11)9-15(12,13)2(6,7)8/h1-15H;9H/q+1;. The summed E-state index contributed by atoms with van der Waals surface area (Å²) < 4.78 is 108. The molecule has 0 unspecified atom stereocenters. The van der Waals surface area contributed by atoms with Gasteiger partial charge in [0.15, 0.2) is 14.7 Å². The molecule has 0 aliphatic heterocycles. The molecule has 0 bridgehead atoms. The fourth-order valence-electron chi connectivity index (χ4n) is 2.32. The van der Waals surface area contributed by atoms with Crippen molar-refractivity contribution in [1.82, 2.24) is 4.13 Å². The average molecular weight is 545 g/mol. The van der Waals surface area contributed by atoms with Gasteiger partial charge < -0.3 is 0 Å². The van der Waals surface area contributed by atoms with Gasteiger partial charge in [-0.25, -0.2) is 16.8 Å². The van der Waals surface area contributed by atoms with E-state index in [1.165, 1.54) is 14.7 Å². The molecular weight excluding hydrogens is 528 g/mol. The molecule has 0 heterocycles. The Morgan fingerprint density at radius 1 is 0.500 bits per heavy atom. The predicted octanol–water partition coefficient (Wildman–Crippen LogP) is 5.06. The zero-order chi connectivity index (χ0) is 25.6. The summed E-state index contributed by atoms with van der Waals surface area (Å²) in [5.41, 5.74) is -12.3. The van der Waals surface area contributed by atoms with Crippen molar-refractivity contribution in [3.8, 4) is 0 Å². The van der Waals surface area contributed by atoms with E-state index in [0.29, 0.717) is 0 Å². The molecule has 1 N–H and O–H groups in total. The predicted molar refractivity (Wildman–Crippen MR) is 115 cm³/mol. The maximum atomic E-state index is 11.5. The van der Waals surface area contributed by atoms with Crippen LogP contribution in [0.2, 0.25) is 0 Å². The quantitative estimate of drug-likeness (QED) is 0.360. The van der Waals surface area contributed by atoms with E-state index in [1.54, 1.807) is 0 Å². The van der Waals surface area contributed by atoms with Crippen LogP contribution in [0.3, 0.4) is 0 Å². The fraction of sp³-hybridized carbons (Fsp3) is 0.100. The summed E-state index contributed by atoms with van der Waals surface area (Å²) in [6.07, 6.45) is 0. The minimum atomic E-state index is -6.60. The van der Waals surface area contributed by atoms with Gasteiger partial charge in [-0.2, -0.15) is 26.3 Å². The topological polar surface area (TPSA) is 80.3 Å². The number of sulfonamides is 2. The Morgan fingerprint density at radius 2 is 0.735 bits per heavy atom. The summed E-state index contributed by atoms with van der Waals surface area (Å²) in [4.78, 5) is 4.08. The fourth-order valence-corrected chi connectivity index (χ4v) is 6.33. The summed E-state index contributed by atoms with van der Waals surface area (Å²) in [7, 11) is -13.2. The van der Waals surface area contributed by atoms with Crippen LogP contribution in [-0.2, 0) is 30.9 Å². The number of halogens is 6. The molecule has 34 heavy (non-hydrogen) atoms. The normalized spacial score (nSPS) is 12.7. The van der Waals surface area contributed by atoms with E-state index in [1.807, 2.05) is 0 Å². The van der Waals surface area contributed by atoms with Gasteiger partial charge in [0.2, 0.25) is 0 Å². The lowest BCUT2D eigenvalue weighted by Crippen LogP contribution is -2.45. The monoisotopic (exact) mass is 544 g/mol. The molecule has 3 rings (SSSR count). The smallest absolute Gasteiger partial charge is 0.202 e. The largest absolute Gasteiger partial charge is 0.512 e. The van der Waals surface area contributed by atoms with Crippen LogP contribution in [0.5, 0.6) is 0 Å². The van der Waals surface area contributed by atoms with Crippen molar-refractivity contribution in [2.75, 3.05) is 0 Å². The van der Waals surface area contributed by atoms with Crippen LogP contribution in [-0.4, -0.2) is 27.9 Å². The van der Waals surface area contributed by atoms with Crippen LogP contribution in [0.1, 0.15) is 0 Å². The van der Waals surface area contributed by atoms with Gasteiger partial charge in [-0.15, -0.1) is 0 Å². The lowest BCUT2D eigenvalue weighted by atomic mass is 10.4. The molecule has 0 amide bonds. The third kappa shape index (κ3) is 7.22. The Hall–Kier alpha value is -2.55. The van der Waals surface area contributed by atoms with Crippen molar-refractivity contribution >= 4 is 30.9 Å². The summed E-state index contributed by atoms with van der Waals surface area (Å²) in [6.45, 7) is 0. The number of alkyl halides is 6. The van der Waals surface area contributed by atoms with Crippen molar-refractivity contribution in [3.63, 3.8) is 0 Å². The van der Waals surface area contributed by atoms with E-state index in [0.717, 1.165) is 0 Å². The molecule has 0 aliphatic rings. The average Bonchev–Trinajstić information content (AvgIpc) is 2.74. The highest BCUT2D eigenvalue weighted by Crippen LogP contribution is 2.30. The number of benzene rings is 3. The SMILES string of the molecule is O=S(=O)(NS(=O)(=O)C(F)(F)F)C(F)(F)F.c1ccc([S+](c2ccccc2)c2ccccc2)cc1. The number of rotatable bonds is 5. The van der Waals surface area contributed by atoms with Crippen molar-refractivity contribution in [2.45, 2.75) is 25.7 Å². The van der Waals surface area contributed by atoms with E-state index < -0.39 is 35.2 Å². The first-order valence-corrected chi connectivity index (χ1v) is 13.2. The van der Waals surface area contributed by atoms with Gasteiger partial charge in [0.1, 0.15) is 0 Å². The first kappa shape index (κ1) is 27.7. The van der Waals surface area contributed by atoms with E-state index >= 15 is 0 Å². The molecule has 0 radical (unpaired) electrons. The summed E-state index contributed by atoms with van der Waals surface area (Å²) in [5, 5.41) is 0. The minimum absolute atomic E-state index is 0.0146. The third-order valence-corrected chi connectivity index (χ3v) is 8.97. The molecule has 5 nitrogen and oxygen atoms in total. The molecule has 0 aromatic heterocycles. The molecule has 0 saturated heterocycles. The molecular formula is C20H16F6NO4S3+. The van der Waals surface area contributed by atoms with Gasteiger partial charge in [-0.05, 0) is 36.4 Å². The molecule has 0 aliphatic carbocycles. The van der Waals surface area contributed by atoms with Crippen LogP contribution in [0, 0.1) is 0 Å². The second-order valence-corrected chi connectivity index (χ2v) is 11.9. The summed E-state index contributed by atoms with van der Waals surface area (Å²) in [6, 6.07) is 32.2. The van der Waals surface area contributed by atoms with Gasteiger partial charge in [0, 0.05) is 0 Å². The molecule has 184 valence electrons. The zero-order valence-electron chi connectivity index (χ0n) is 16.8. The van der Waals surface area contributed by atoms with E-state index in [-0.39, 0.29) is 10.9 Å². The molecule has 3 aromatic carbocycles. The van der Waals surface area contributed by atoms with Crippen molar-refractivity contribution in [1.29, 1.82) is 0 Å². The lowest BCUT2D eigenvalue weighted by Gasteiger charge is -2.11. The Morgan fingerprint density at radius 3 is 0.941 bits per heavy atom. The highest BCUT2D eigenvalue weighted by atomic mass is 32.3. The second-order valence-electron chi connectivity index (χ2n) is 6.23. The van der Waals surface area contributed by atoms with Crippen molar-refractivity contribution in [3.05, 3.63) is 91.0 Å². The van der Waals surface area contributed by atoms with Gasteiger partial charge in [-0.3, -0.25) is 0 Å². The maximum absolute atomic E-state index is 11.5. The first-order chi connectivity index (χ1) is 15.7. The van der Waals surface area contributed by atoms with Crippen LogP contribution in [0.15, 0.2) is 106 Å². The molecule has 14 heteroatoms. The highest BCUT2D eigenvalue weighted by Gasteiger charge is 2.55. The highest BCUT2D eigenvalue weighted by molar-refractivity contribution is 8.05. The second kappa shape index (κ2) is 10.8. The molecule has 0 fully saturated rings.